The van der Waals surface area contributed by atoms with Crippen LogP contribution in [0.5, 0.6) is 0 Å². The van der Waals surface area contributed by atoms with E-state index in [9.17, 15) is 8.78 Å². The van der Waals surface area contributed by atoms with Crippen LogP contribution in [0.25, 0.3) is 0 Å². The summed E-state index contributed by atoms with van der Waals surface area (Å²) < 4.78 is 25.7. The molecule has 0 amide bonds. The maximum absolute atomic E-state index is 12.9. The molecule has 0 rings (SSSR count). The van der Waals surface area contributed by atoms with E-state index in [2.05, 4.69) is 6.58 Å². The van der Waals surface area contributed by atoms with Crippen LogP contribution in [-0.2, 0) is 0 Å². The van der Waals surface area contributed by atoms with Crippen LogP contribution in [0, 0.1) is 0 Å². The molecular weight excluding hydrogens is 158 g/mol. The summed E-state index contributed by atoms with van der Waals surface area (Å²) in [5, 5.41) is 0. The Balaban J connectivity index is 3.41. The number of hydrogen-bond donors (Lipinski definition) is 0. The van der Waals surface area contributed by atoms with Crippen LogP contribution in [0.15, 0.2) is 12.7 Å². The molecule has 2 heteroatoms. The fraction of sp³-hybridized carbons (Fsp3) is 0.800. The standard InChI is InChI=1S/C10H18F2/c1-3-5-6-8-10(12)9(11)7-4-2/h4,9-10H,2-3,5-8H2,1H3/t9-,10+/m0/s1. The van der Waals surface area contributed by atoms with Gasteiger partial charge in [-0.05, 0) is 12.8 Å². The predicted octanol–water partition coefficient (Wildman–Crippen LogP) is 3.82. The first-order valence-electron chi connectivity index (χ1n) is 4.61. The molecule has 0 N–H and O–H groups in total. The quantitative estimate of drug-likeness (QED) is 0.408. The topological polar surface area (TPSA) is 0 Å². The second kappa shape index (κ2) is 7.26. The van der Waals surface area contributed by atoms with Crippen molar-refractivity contribution in [3.8, 4) is 0 Å². The van der Waals surface area contributed by atoms with Crippen molar-refractivity contribution >= 4 is 0 Å². The Morgan fingerprint density at radius 2 is 1.92 bits per heavy atom. The highest BCUT2D eigenvalue weighted by Gasteiger charge is 2.17. The minimum atomic E-state index is -1.35. The van der Waals surface area contributed by atoms with Crippen molar-refractivity contribution in [2.75, 3.05) is 0 Å². The van der Waals surface area contributed by atoms with E-state index in [1.54, 1.807) is 0 Å². The molecule has 0 aromatic carbocycles. The molecule has 2 atom stereocenters. The van der Waals surface area contributed by atoms with E-state index in [0.29, 0.717) is 6.42 Å². The Labute approximate surface area is 73.7 Å². The van der Waals surface area contributed by atoms with E-state index in [0.717, 1.165) is 19.3 Å². The number of alkyl halides is 2. The van der Waals surface area contributed by atoms with Crippen molar-refractivity contribution in [1.29, 1.82) is 0 Å². The largest absolute Gasteiger partial charge is 0.244 e. The fourth-order valence-electron chi connectivity index (χ4n) is 1.08. The van der Waals surface area contributed by atoms with Crippen LogP contribution in [0.4, 0.5) is 8.78 Å². The lowest BCUT2D eigenvalue weighted by molar-refractivity contribution is 0.157. The molecule has 0 radical (unpaired) electrons. The molecule has 0 fully saturated rings. The molecule has 0 bridgehead atoms. The van der Waals surface area contributed by atoms with Crippen molar-refractivity contribution in [1.82, 2.24) is 0 Å². The second-order valence-electron chi connectivity index (χ2n) is 3.05. The number of unbranched alkanes of at least 4 members (excludes halogenated alkanes) is 2. The van der Waals surface area contributed by atoms with E-state index < -0.39 is 12.3 Å². The van der Waals surface area contributed by atoms with Gasteiger partial charge in [0.05, 0.1) is 0 Å². The highest BCUT2D eigenvalue weighted by atomic mass is 19.2. The molecule has 0 aliphatic heterocycles. The summed E-state index contributed by atoms with van der Waals surface area (Å²) in [7, 11) is 0. The van der Waals surface area contributed by atoms with Gasteiger partial charge in [-0.25, -0.2) is 8.78 Å². The summed E-state index contributed by atoms with van der Waals surface area (Å²) in [6.07, 6.45) is 2.09. The van der Waals surface area contributed by atoms with Crippen LogP contribution >= 0.6 is 0 Å². The van der Waals surface area contributed by atoms with E-state index in [4.69, 9.17) is 0 Å². The molecule has 72 valence electrons. The molecule has 0 aromatic rings. The lowest BCUT2D eigenvalue weighted by Gasteiger charge is -2.10. The molecule has 0 aromatic heterocycles. The third-order valence-electron chi connectivity index (χ3n) is 1.87. The zero-order chi connectivity index (χ0) is 9.40. The molecule has 0 aliphatic carbocycles. The van der Waals surface area contributed by atoms with Gasteiger partial charge in [-0.2, -0.15) is 0 Å². The molecule has 12 heavy (non-hydrogen) atoms. The average molecular weight is 176 g/mol. The average Bonchev–Trinajstić information content (AvgIpc) is 2.05. The van der Waals surface area contributed by atoms with Crippen LogP contribution < -0.4 is 0 Å². The summed E-state index contributed by atoms with van der Waals surface area (Å²) in [5.41, 5.74) is 0. The van der Waals surface area contributed by atoms with E-state index in [-0.39, 0.29) is 6.42 Å². The van der Waals surface area contributed by atoms with Crippen LogP contribution in [0.2, 0.25) is 0 Å². The monoisotopic (exact) mass is 176 g/mol. The molecule has 0 aliphatic rings. The molecular formula is C10H18F2. The van der Waals surface area contributed by atoms with E-state index >= 15 is 0 Å². The highest BCUT2D eigenvalue weighted by Crippen LogP contribution is 2.15. The van der Waals surface area contributed by atoms with Crippen molar-refractivity contribution in [2.24, 2.45) is 0 Å². The molecule has 0 nitrogen and oxygen atoms in total. The van der Waals surface area contributed by atoms with E-state index in [1.165, 1.54) is 6.08 Å². The highest BCUT2D eigenvalue weighted by molar-refractivity contribution is 4.77. The first-order chi connectivity index (χ1) is 5.72. The first kappa shape index (κ1) is 11.6. The lowest BCUT2D eigenvalue weighted by atomic mass is 10.1. The Morgan fingerprint density at radius 1 is 1.25 bits per heavy atom. The minimum Gasteiger partial charge on any atom is -0.244 e. The number of hydrogen-bond acceptors (Lipinski definition) is 0. The second-order valence-corrected chi connectivity index (χ2v) is 3.05. The van der Waals surface area contributed by atoms with Crippen molar-refractivity contribution in [2.45, 2.75) is 51.4 Å². The molecule has 0 saturated carbocycles. The maximum atomic E-state index is 12.9. The van der Waals surface area contributed by atoms with Crippen molar-refractivity contribution in [3.63, 3.8) is 0 Å². The van der Waals surface area contributed by atoms with Crippen LogP contribution in [0.3, 0.4) is 0 Å². The number of halogens is 2. The first-order valence-corrected chi connectivity index (χ1v) is 4.61. The molecule has 0 heterocycles. The molecule has 0 saturated heterocycles. The van der Waals surface area contributed by atoms with Gasteiger partial charge in [-0.3, -0.25) is 0 Å². The van der Waals surface area contributed by atoms with Crippen LogP contribution in [0.1, 0.15) is 39.0 Å². The Morgan fingerprint density at radius 3 is 2.42 bits per heavy atom. The van der Waals surface area contributed by atoms with Gasteiger partial charge in [0, 0.05) is 0 Å². The van der Waals surface area contributed by atoms with Crippen LogP contribution in [-0.4, -0.2) is 12.3 Å². The SMILES string of the molecule is C=CC[C@H](F)[C@H](F)CCCCC. The minimum absolute atomic E-state index is 0.132. The van der Waals surface area contributed by atoms with Gasteiger partial charge in [0.1, 0.15) is 12.3 Å². The van der Waals surface area contributed by atoms with Gasteiger partial charge in [0.25, 0.3) is 0 Å². The predicted molar refractivity (Wildman–Crippen MR) is 48.7 cm³/mol. The summed E-state index contributed by atoms with van der Waals surface area (Å²) in [4.78, 5) is 0. The summed E-state index contributed by atoms with van der Waals surface area (Å²) in [6, 6.07) is 0. The normalized spacial score (nSPS) is 15.6. The smallest absolute Gasteiger partial charge is 0.135 e. The Hall–Kier alpha value is -0.400. The van der Waals surface area contributed by atoms with Gasteiger partial charge in [-0.1, -0.05) is 32.3 Å². The maximum Gasteiger partial charge on any atom is 0.135 e. The zero-order valence-corrected chi connectivity index (χ0v) is 7.73. The number of allylic oxidation sites excluding steroid dienone is 1. The fourth-order valence-corrected chi connectivity index (χ4v) is 1.08. The van der Waals surface area contributed by atoms with Gasteiger partial charge in [0.15, 0.2) is 0 Å². The van der Waals surface area contributed by atoms with Gasteiger partial charge >= 0.3 is 0 Å². The van der Waals surface area contributed by atoms with Gasteiger partial charge in [-0.15, -0.1) is 6.58 Å². The summed E-state index contributed by atoms with van der Waals surface area (Å²) in [5.74, 6) is 0. The van der Waals surface area contributed by atoms with Gasteiger partial charge in [0.2, 0.25) is 0 Å². The lowest BCUT2D eigenvalue weighted by Crippen LogP contribution is -2.16. The number of rotatable bonds is 7. The summed E-state index contributed by atoms with van der Waals surface area (Å²) >= 11 is 0. The molecule has 0 unspecified atom stereocenters. The third-order valence-corrected chi connectivity index (χ3v) is 1.87. The third kappa shape index (κ3) is 5.28. The Bertz CT molecular complexity index is 112. The Kier molecular flexibility index (Phi) is 7.02. The van der Waals surface area contributed by atoms with Gasteiger partial charge < -0.3 is 0 Å². The zero-order valence-electron chi connectivity index (χ0n) is 7.73. The van der Waals surface area contributed by atoms with E-state index in [1.807, 2.05) is 6.92 Å². The summed E-state index contributed by atoms with van der Waals surface area (Å²) in [6.45, 7) is 5.42. The molecule has 0 spiro atoms. The van der Waals surface area contributed by atoms with Crippen molar-refractivity contribution < 1.29 is 8.78 Å². The van der Waals surface area contributed by atoms with Crippen molar-refractivity contribution in [3.05, 3.63) is 12.7 Å².